The van der Waals surface area contributed by atoms with E-state index in [0.717, 1.165) is 48.8 Å². The monoisotopic (exact) mass is 354 g/mol. The first kappa shape index (κ1) is 17.3. The lowest BCUT2D eigenvalue weighted by molar-refractivity contribution is -0.0572. The number of hydrogen-bond acceptors (Lipinski definition) is 5. The molecule has 0 aromatic heterocycles. The van der Waals surface area contributed by atoms with E-state index in [4.69, 9.17) is 9.47 Å². The molecule has 2 heterocycles. The summed E-state index contributed by atoms with van der Waals surface area (Å²) in [6.07, 6.45) is -1.01. The molecule has 0 amide bonds. The molecule has 1 fully saturated rings. The molecule has 0 bridgehead atoms. The first-order valence-electron chi connectivity index (χ1n) is 9.17. The number of likely N-dealkylation sites (N-methyl/N-ethyl adjacent to an activating group) is 1. The molecule has 3 atom stereocenters. The number of rotatable bonds is 3. The molecule has 26 heavy (non-hydrogen) atoms. The fourth-order valence-electron chi connectivity index (χ4n) is 3.96. The van der Waals surface area contributed by atoms with Crippen molar-refractivity contribution in [3.8, 4) is 11.5 Å². The number of methoxy groups -OCH3 is 1. The number of nitrogens with zero attached hydrogens (tertiary/aromatic N) is 2. The zero-order chi connectivity index (χ0) is 18.1. The van der Waals surface area contributed by atoms with Crippen molar-refractivity contribution < 1.29 is 14.6 Å². The summed E-state index contributed by atoms with van der Waals surface area (Å²) >= 11 is 0. The SMILES string of the molecule is COc1ccc([C@H]2Oc3ccccc3[C@H](N3CCN(C)CC3)[C@H]2O)cc1. The Morgan fingerprint density at radius 1 is 1.00 bits per heavy atom. The molecule has 0 spiro atoms. The molecule has 5 heteroatoms. The van der Waals surface area contributed by atoms with Crippen LogP contribution in [0, 0.1) is 0 Å². The molecule has 1 N–H and O–H groups in total. The van der Waals surface area contributed by atoms with Crippen LogP contribution in [0.25, 0.3) is 0 Å². The molecule has 138 valence electrons. The molecule has 2 aliphatic heterocycles. The van der Waals surface area contributed by atoms with E-state index in [0.29, 0.717) is 0 Å². The molecule has 0 saturated carbocycles. The number of fused-ring (bicyclic) bond motifs is 1. The molecular formula is C21H26N2O3. The van der Waals surface area contributed by atoms with Gasteiger partial charge in [0.15, 0.2) is 6.10 Å². The van der Waals surface area contributed by atoms with Crippen LogP contribution in [0.3, 0.4) is 0 Å². The van der Waals surface area contributed by atoms with E-state index >= 15 is 0 Å². The van der Waals surface area contributed by atoms with Gasteiger partial charge in [-0.1, -0.05) is 30.3 Å². The number of hydrogen-bond donors (Lipinski definition) is 1. The van der Waals surface area contributed by atoms with Gasteiger partial charge in [-0.05, 0) is 30.8 Å². The van der Waals surface area contributed by atoms with Gasteiger partial charge in [-0.25, -0.2) is 0 Å². The van der Waals surface area contributed by atoms with Crippen LogP contribution in [-0.2, 0) is 0 Å². The highest BCUT2D eigenvalue weighted by Crippen LogP contribution is 2.44. The summed E-state index contributed by atoms with van der Waals surface area (Å²) in [6.45, 7) is 3.92. The second-order valence-corrected chi connectivity index (χ2v) is 7.12. The van der Waals surface area contributed by atoms with Gasteiger partial charge in [-0.2, -0.15) is 0 Å². The number of benzene rings is 2. The van der Waals surface area contributed by atoms with Crippen LogP contribution in [0.15, 0.2) is 48.5 Å². The lowest BCUT2D eigenvalue weighted by Crippen LogP contribution is -2.51. The minimum absolute atomic E-state index is 0.0549. The molecule has 1 saturated heterocycles. The van der Waals surface area contributed by atoms with Crippen LogP contribution in [0.5, 0.6) is 11.5 Å². The summed E-state index contributed by atoms with van der Waals surface area (Å²) in [6, 6.07) is 15.8. The van der Waals surface area contributed by atoms with Crippen molar-refractivity contribution in [1.82, 2.24) is 9.80 Å². The van der Waals surface area contributed by atoms with Gasteiger partial charge in [0.25, 0.3) is 0 Å². The molecule has 2 aromatic rings. The highest BCUT2D eigenvalue weighted by Gasteiger charge is 2.41. The van der Waals surface area contributed by atoms with E-state index in [-0.39, 0.29) is 12.1 Å². The first-order valence-corrected chi connectivity index (χ1v) is 9.17. The Bertz CT molecular complexity index is 741. The van der Waals surface area contributed by atoms with Crippen LogP contribution in [0.2, 0.25) is 0 Å². The van der Waals surface area contributed by atoms with E-state index in [9.17, 15) is 5.11 Å². The van der Waals surface area contributed by atoms with E-state index < -0.39 is 6.10 Å². The molecule has 0 aliphatic carbocycles. The zero-order valence-corrected chi connectivity index (χ0v) is 15.3. The molecule has 0 radical (unpaired) electrons. The van der Waals surface area contributed by atoms with E-state index in [1.807, 2.05) is 42.5 Å². The largest absolute Gasteiger partial charge is 0.497 e. The molecule has 5 nitrogen and oxygen atoms in total. The molecule has 4 rings (SSSR count). The van der Waals surface area contributed by atoms with Gasteiger partial charge in [0, 0.05) is 31.7 Å². The maximum Gasteiger partial charge on any atom is 0.151 e. The second-order valence-electron chi connectivity index (χ2n) is 7.12. The Kier molecular flexibility index (Phi) is 4.85. The third-order valence-electron chi connectivity index (χ3n) is 5.50. The van der Waals surface area contributed by atoms with Gasteiger partial charge in [-0.15, -0.1) is 0 Å². The van der Waals surface area contributed by atoms with Crippen LogP contribution in [0.1, 0.15) is 23.3 Å². The summed E-state index contributed by atoms with van der Waals surface area (Å²) < 4.78 is 11.5. The average molecular weight is 354 g/mol. The summed E-state index contributed by atoms with van der Waals surface area (Å²) in [5.74, 6) is 1.66. The van der Waals surface area contributed by atoms with Gasteiger partial charge in [-0.3, -0.25) is 4.90 Å². The molecule has 2 aliphatic rings. The minimum atomic E-state index is -0.623. The smallest absolute Gasteiger partial charge is 0.151 e. The quantitative estimate of drug-likeness (QED) is 0.917. The Balaban J connectivity index is 1.67. The van der Waals surface area contributed by atoms with Gasteiger partial charge >= 0.3 is 0 Å². The van der Waals surface area contributed by atoms with Crippen LogP contribution >= 0.6 is 0 Å². The summed E-state index contributed by atoms with van der Waals surface area (Å²) in [4.78, 5) is 4.72. The summed E-state index contributed by atoms with van der Waals surface area (Å²) in [5.41, 5.74) is 2.04. The van der Waals surface area contributed by atoms with E-state index in [2.05, 4.69) is 22.9 Å². The van der Waals surface area contributed by atoms with Gasteiger partial charge < -0.3 is 19.5 Å². The zero-order valence-electron chi connectivity index (χ0n) is 15.3. The van der Waals surface area contributed by atoms with Gasteiger partial charge in [0.2, 0.25) is 0 Å². The Morgan fingerprint density at radius 2 is 1.69 bits per heavy atom. The highest BCUT2D eigenvalue weighted by atomic mass is 16.5. The average Bonchev–Trinajstić information content (AvgIpc) is 2.69. The number of ether oxygens (including phenoxy) is 2. The van der Waals surface area contributed by atoms with Crippen LogP contribution in [0.4, 0.5) is 0 Å². The Morgan fingerprint density at radius 3 is 2.38 bits per heavy atom. The predicted molar refractivity (Wildman–Crippen MR) is 101 cm³/mol. The normalized spacial score (nSPS) is 26.8. The lowest BCUT2D eigenvalue weighted by Gasteiger charge is -2.45. The number of aliphatic hydroxyl groups is 1. The second kappa shape index (κ2) is 7.27. The van der Waals surface area contributed by atoms with Crippen molar-refractivity contribution in [2.24, 2.45) is 0 Å². The third-order valence-corrected chi connectivity index (χ3v) is 5.50. The van der Waals surface area contributed by atoms with Crippen molar-refractivity contribution in [3.05, 3.63) is 59.7 Å². The van der Waals surface area contributed by atoms with Crippen molar-refractivity contribution in [1.29, 1.82) is 0 Å². The molecule has 2 aromatic carbocycles. The highest BCUT2D eigenvalue weighted by molar-refractivity contribution is 5.41. The standard InChI is InChI=1S/C21H26N2O3/c1-22-11-13-23(14-12-22)19-17-5-3-4-6-18(17)26-21(20(19)24)15-7-9-16(25-2)10-8-15/h3-10,19-21,24H,11-14H2,1-2H3/t19-,20+,21+/m0/s1. The predicted octanol–water partition coefficient (Wildman–Crippen LogP) is 2.48. The van der Waals surface area contributed by atoms with Crippen molar-refractivity contribution in [2.75, 3.05) is 40.3 Å². The fraction of sp³-hybridized carbons (Fsp3) is 0.429. The lowest BCUT2D eigenvalue weighted by atomic mass is 9.88. The first-order chi connectivity index (χ1) is 12.7. The van der Waals surface area contributed by atoms with Gasteiger partial charge in [0.1, 0.15) is 17.6 Å². The molecular weight excluding hydrogens is 328 g/mol. The van der Waals surface area contributed by atoms with Crippen LogP contribution < -0.4 is 9.47 Å². The van der Waals surface area contributed by atoms with Crippen molar-refractivity contribution in [2.45, 2.75) is 18.2 Å². The van der Waals surface area contributed by atoms with Crippen LogP contribution in [-0.4, -0.2) is 61.3 Å². The van der Waals surface area contributed by atoms with Crippen molar-refractivity contribution >= 4 is 0 Å². The molecule has 0 unspecified atom stereocenters. The maximum absolute atomic E-state index is 11.3. The number of piperazine rings is 1. The summed E-state index contributed by atoms with van der Waals surface area (Å²) in [7, 11) is 3.80. The van der Waals surface area contributed by atoms with Crippen molar-refractivity contribution in [3.63, 3.8) is 0 Å². The Hall–Kier alpha value is -2.08. The maximum atomic E-state index is 11.3. The minimum Gasteiger partial charge on any atom is -0.497 e. The summed E-state index contributed by atoms with van der Waals surface area (Å²) in [5, 5.41) is 11.3. The number of para-hydroxylation sites is 1. The third kappa shape index (κ3) is 3.18. The van der Waals surface area contributed by atoms with E-state index in [1.54, 1.807) is 7.11 Å². The van der Waals surface area contributed by atoms with Gasteiger partial charge in [0.05, 0.1) is 13.2 Å². The topological polar surface area (TPSA) is 45.2 Å². The Labute approximate surface area is 154 Å². The fourth-order valence-corrected chi connectivity index (χ4v) is 3.96. The van der Waals surface area contributed by atoms with E-state index in [1.165, 1.54) is 0 Å². The number of aliphatic hydroxyl groups excluding tert-OH is 1.